The van der Waals surface area contributed by atoms with E-state index in [1.54, 1.807) is 29.5 Å². The molecule has 2 heterocycles. The van der Waals surface area contributed by atoms with Crippen LogP contribution in [0.5, 0.6) is 5.88 Å². The summed E-state index contributed by atoms with van der Waals surface area (Å²) >= 11 is 1.55. The highest BCUT2D eigenvalue weighted by atomic mass is 32.2. The highest BCUT2D eigenvalue weighted by molar-refractivity contribution is 7.89. The van der Waals surface area contributed by atoms with Crippen molar-refractivity contribution in [1.29, 1.82) is 5.26 Å². The van der Waals surface area contributed by atoms with Crippen LogP contribution in [0.15, 0.2) is 46.7 Å². The molecule has 0 aliphatic rings. The summed E-state index contributed by atoms with van der Waals surface area (Å²) in [5.74, 6) is 0.312. The van der Waals surface area contributed by atoms with Gasteiger partial charge in [-0.05, 0) is 54.1 Å². The van der Waals surface area contributed by atoms with Gasteiger partial charge in [-0.2, -0.15) is 5.26 Å². The van der Waals surface area contributed by atoms with E-state index < -0.39 is 10.0 Å². The number of aryl methyl sites for hydroxylation is 1. The Hall–Kier alpha value is -2.73. The summed E-state index contributed by atoms with van der Waals surface area (Å²) in [6, 6.07) is 12.2. The van der Waals surface area contributed by atoms with Gasteiger partial charge in [-0.15, -0.1) is 11.3 Å². The van der Waals surface area contributed by atoms with E-state index in [2.05, 4.69) is 18.0 Å². The maximum atomic E-state index is 11.5. The van der Waals surface area contributed by atoms with E-state index >= 15 is 0 Å². The molecule has 150 valence electrons. The first-order chi connectivity index (χ1) is 13.8. The summed E-state index contributed by atoms with van der Waals surface area (Å²) in [6.07, 6.45) is 1.85. The molecule has 0 unspecified atom stereocenters. The van der Waals surface area contributed by atoms with E-state index in [1.807, 2.05) is 18.4 Å². The zero-order chi connectivity index (χ0) is 21.0. The predicted octanol–water partition coefficient (Wildman–Crippen LogP) is 4.48. The van der Waals surface area contributed by atoms with E-state index in [4.69, 9.17) is 9.88 Å². The number of ether oxygens (including phenoxy) is 1. The second-order valence-electron chi connectivity index (χ2n) is 6.61. The summed E-state index contributed by atoms with van der Waals surface area (Å²) in [4.78, 5) is 5.64. The lowest BCUT2D eigenvalue weighted by Crippen LogP contribution is -2.11. The van der Waals surface area contributed by atoms with Gasteiger partial charge < -0.3 is 4.74 Å². The summed E-state index contributed by atoms with van der Waals surface area (Å²) in [5.41, 5.74) is 3.61. The number of sulfonamides is 1. The van der Waals surface area contributed by atoms with Gasteiger partial charge in [-0.25, -0.2) is 18.5 Å². The number of pyridine rings is 1. The average molecular weight is 428 g/mol. The van der Waals surface area contributed by atoms with Crippen LogP contribution in [0.25, 0.3) is 21.7 Å². The van der Waals surface area contributed by atoms with Gasteiger partial charge in [-0.1, -0.05) is 25.5 Å². The maximum Gasteiger partial charge on any atom is 0.238 e. The number of benzene rings is 1. The molecule has 0 aliphatic heterocycles. The van der Waals surface area contributed by atoms with Crippen LogP contribution < -0.4 is 9.88 Å². The van der Waals surface area contributed by atoms with E-state index in [-0.39, 0.29) is 4.90 Å². The molecule has 1 aromatic carbocycles. The quantitative estimate of drug-likeness (QED) is 0.559. The van der Waals surface area contributed by atoms with Crippen molar-refractivity contribution in [2.24, 2.45) is 5.14 Å². The van der Waals surface area contributed by atoms with Gasteiger partial charge in [0.25, 0.3) is 0 Å². The zero-order valence-electron chi connectivity index (χ0n) is 16.2. The molecule has 0 saturated heterocycles. The van der Waals surface area contributed by atoms with Gasteiger partial charge in [0, 0.05) is 5.56 Å². The molecule has 0 amide bonds. The average Bonchev–Trinajstić information content (AvgIpc) is 3.13. The molecule has 3 rings (SSSR count). The van der Waals surface area contributed by atoms with Crippen molar-refractivity contribution in [1.82, 2.24) is 4.98 Å². The minimum atomic E-state index is -3.78. The van der Waals surface area contributed by atoms with Crippen molar-refractivity contribution < 1.29 is 13.2 Å². The number of unbranched alkanes of at least 4 members (excludes halogenated alkanes) is 1. The van der Waals surface area contributed by atoms with Crippen LogP contribution in [0.4, 0.5) is 0 Å². The largest absolute Gasteiger partial charge is 0.477 e. The number of nitrogens with zero attached hydrogens (tertiary/aromatic N) is 2. The lowest BCUT2D eigenvalue weighted by molar-refractivity contribution is 0.297. The van der Waals surface area contributed by atoms with E-state index in [0.717, 1.165) is 34.4 Å². The molecule has 8 heteroatoms. The lowest BCUT2D eigenvalue weighted by atomic mass is 10.0. The van der Waals surface area contributed by atoms with E-state index in [0.29, 0.717) is 23.7 Å². The van der Waals surface area contributed by atoms with E-state index in [1.165, 1.54) is 12.1 Å². The third-order valence-corrected chi connectivity index (χ3v) is 6.29. The minimum Gasteiger partial charge on any atom is -0.477 e. The fourth-order valence-corrected chi connectivity index (χ4v) is 4.20. The summed E-state index contributed by atoms with van der Waals surface area (Å²) < 4.78 is 28.9. The number of thiophene rings is 1. The first-order valence-electron chi connectivity index (χ1n) is 9.10. The molecule has 29 heavy (non-hydrogen) atoms. The Morgan fingerprint density at radius 1 is 1.24 bits per heavy atom. The van der Waals surface area contributed by atoms with Crippen molar-refractivity contribution in [3.05, 3.63) is 52.9 Å². The van der Waals surface area contributed by atoms with Crippen molar-refractivity contribution in [3.8, 4) is 33.6 Å². The Kier molecular flexibility index (Phi) is 6.33. The molecule has 0 fully saturated rings. The van der Waals surface area contributed by atoms with Crippen molar-refractivity contribution >= 4 is 21.4 Å². The fourth-order valence-electron chi connectivity index (χ4n) is 2.79. The van der Waals surface area contributed by atoms with Crippen LogP contribution in [0.3, 0.4) is 0 Å². The zero-order valence-corrected chi connectivity index (χ0v) is 17.8. The Labute approximate surface area is 174 Å². The predicted molar refractivity (Wildman–Crippen MR) is 114 cm³/mol. The van der Waals surface area contributed by atoms with Crippen LogP contribution in [0, 0.1) is 18.3 Å². The van der Waals surface area contributed by atoms with Crippen molar-refractivity contribution in [3.63, 3.8) is 0 Å². The van der Waals surface area contributed by atoms with Gasteiger partial charge in [0.2, 0.25) is 15.9 Å². The number of rotatable bonds is 7. The van der Waals surface area contributed by atoms with Gasteiger partial charge in [0.05, 0.1) is 22.1 Å². The van der Waals surface area contributed by atoms with Gasteiger partial charge >= 0.3 is 0 Å². The smallest absolute Gasteiger partial charge is 0.238 e. The highest BCUT2D eigenvalue weighted by Gasteiger charge is 2.18. The molecule has 0 spiro atoms. The summed E-state index contributed by atoms with van der Waals surface area (Å²) in [6.45, 7) is 4.56. The monoisotopic (exact) mass is 427 g/mol. The topological polar surface area (TPSA) is 106 Å². The van der Waals surface area contributed by atoms with Crippen LogP contribution in [0.1, 0.15) is 30.9 Å². The third-order valence-electron chi connectivity index (χ3n) is 4.30. The van der Waals surface area contributed by atoms with Crippen molar-refractivity contribution in [2.45, 2.75) is 31.6 Å². The van der Waals surface area contributed by atoms with Gasteiger partial charge in [0.15, 0.2) is 0 Å². The van der Waals surface area contributed by atoms with E-state index in [9.17, 15) is 13.7 Å². The fraction of sp³-hybridized carbons (Fsp3) is 0.238. The molecule has 0 radical (unpaired) electrons. The first kappa shape index (κ1) is 21.0. The molecule has 3 aromatic rings. The number of primary sulfonamides is 1. The van der Waals surface area contributed by atoms with Crippen LogP contribution in [0.2, 0.25) is 0 Å². The molecule has 0 atom stereocenters. The Morgan fingerprint density at radius 3 is 2.52 bits per heavy atom. The highest BCUT2D eigenvalue weighted by Crippen LogP contribution is 2.37. The third kappa shape index (κ3) is 4.82. The Balaban J connectivity index is 2.15. The second kappa shape index (κ2) is 8.74. The second-order valence-corrected chi connectivity index (χ2v) is 9.08. The van der Waals surface area contributed by atoms with Crippen molar-refractivity contribution in [2.75, 3.05) is 6.61 Å². The number of hydrogen-bond acceptors (Lipinski definition) is 6. The van der Waals surface area contributed by atoms with Crippen LogP contribution >= 0.6 is 11.3 Å². The Bertz CT molecular complexity index is 1160. The molecule has 0 saturated carbocycles. The first-order valence-corrected chi connectivity index (χ1v) is 11.5. The molecule has 0 bridgehead atoms. The van der Waals surface area contributed by atoms with Gasteiger partial charge in [0.1, 0.15) is 11.6 Å². The molecule has 0 aliphatic carbocycles. The lowest BCUT2D eigenvalue weighted by Gasteiger charge is -2.13. The van der Waals surface area contributed by atoms with Crippen LogP contribution in [-0.2, 0) is 10.0 Å². The minimum absolute atomic E-state index is 0.0303. The molecular weight excluding hydrogens is 406 g/mol. The number of aromatic nitrogens is 1. The SMILES string of the molecule is CCCCOc1nc(-c2cc(C)cs2)c(-c2ccc(S(N)(=O)=O)cc2)cc1C#N. The van der Waals surface area contributed by atoms with Gasteiger partial charge in [-0.3, -0.25) is 0 Å². The molecule has 6 nitrogen and oxygen atoms in total. The standard InChI is InChI=1S/C21H21N3O3S2/c1-3-4-9-27-21-16(12-22)11-18(20(24-21)19-10-14(2)13-28-19)15-5-7-17(8-6-15)29(23,25)26/h5-8,10-11,13H,3-4,9H2,1-2H3,(H2,23,25,26). The molecule has 2 aromatic heterocycles. The number of nitrogens with two attached hydrogens (primary N) is 1. The Morgan fingerprint density at radius 2 is 1.97 bits per heavy atom. The number of hydrogen-bond donors (Lipinski definition) is 1. The maximum absolute atomic E-state index is 11.5. The number of nitriles is 1. The normalized spacial score (nSPS) is 11.2. The molecular formula is C21H21N3O3S2. The summed E-state index contributed by atoms with van der Waals surface area (Å²) in [5, 5.41) is 16.8. The summed E-state index contributed by atoms with van der Waals surface area (Å²) in [7, 11) is -3.78. The molecule has 2 N–H and O–H groups in total. The van der Waals surface area contributed by atoms with Crippen LogP contribution in [-0.4, -0.2) is 20.0 Å².